The Hall–Kier alpha value is -1.86. The first-order valence-corrected chi connectivity index (χ1v) is 14.0. The lowest BCUT2D eigenvalue weighted by molar-refractivity contribution is -0.154. The molecule has 0 saturated carbocycles. The molecule has 5 nitrogen and oxygen atoms in total. The lowest BCUT2D eigenvalue weighted by Crippen LogP contribution is -2.57. The van der Waals surface area contributed by atoms with Gasteiger partial charge < -0.3 is 4.90 Å². The first-order chi connectivity index (χ1) is 16.0. The molecule has 0 aromatic heterocycles. The van der Waals surface area contributed by atoms with Crippen molar-refractivity contribution in [2.24, 2.45) is 5.41 Å². The van der Waals surface area contributed by atoms with E-state index in [-0.39, 0.29) is 30.5 Å². The molecule has 1 unspecified atom stereocenters. The first kappa shape index (κ1) is 26.7. The predicted octanol–water partition coefficient (Wildman–Crippen LogP) is 5.96. The summed E-state index contributed by atoms with van der Waals surface area (Å²) in [4.78, 5) is 16.0. The molecule has 2 aromatic carbocycles. The summed E-state index contributed by atoms with van der Waals surface area (Å²) in [6, 6.07) is 14.6. The number of carbonyl (C=O) groups is 1. The van der Waals surface area contributed by atoms with Crippen LogP contribution in [0.1, 0.15) is 56.2 Å². The van der Waals surface area contributed by atoms with E-state index in [2.05, 4.69) is 11.3 Å². The lowest BCUT2D eigenvalue weighted by atomic mass is 9.67. The van der Waals surface area contributed by atoms with Gasteiger partial charge in [-0.05, 0) is 54.7 Å². The van der Waals surface area contributed by atoms with Crippen LogP contribution in [0, 0.1) is 5.41 Å². The molecular formula is C26H32Cl2N2O3S. The maximum absolute atomic E-state index is 14.1. The van der Waals surface area contributed by atoms with Crippen molar-refractivity contribution in [3.63, 3.8) is 0 Å². The third-order valence-electron chi connectivity index (χ3n) is 6.63. The third kappa shape index (κ3) is 6.03. The van der Waals surface area contributed by atoms with Gasteiger partial charge in [0.25, 0.3) is 0 Å². The van der Waals surface area contributed by atoms with Gasteiger partial charge in [-0.1, -0.05) is 67.4 Å². The molecule has 1 N–H and O–H groups in total. The minimum atomic E-state index is -3.42. The number of likely N-dealkylation sites (tertiary alicyclic amines) is 1. The van der Waals surface area contributed by atoms with Gasteiger partial charge in [-0.2, -0.15) is 0 Å². The van der Waals surface area contributed by atoms with Crippen LogP contribution in [-0.2, 0) is 14.8 Å². The predicted molar refractivity (Wildman–Crippen MR) is 140 cm³/mol. The number of halogens is 2. The molecular weight excluding hydrogens is 491 g/mol. The zero-order valence-corrected chi connectivity index (χ0v) is 22.1. The number of nitrogens with zero attached hydrogens (tertiary/aromatic N) is 1. The number of sulfonamides is 1. The van der Waals surface area contributed by atoms with Gasteiger partial charge in [-0.15, -0.1) is 6.58 Å². The van der Waals surface area contributed by atoms with E-state index in [4.69, 9.17) is 23.2 Å². The summed E-state index contributed by atoms with van der Waals surface area (Å²) in [5, 5.41) is 1.24. The van der Waals surface area contributed by atoms with Crippen LogP contribution in [0.25, 0.3) is 0 Å². The number of amides is 1. The Morgan fingerprint density at radius 2 is 1.85 bits per heavy atom. The maximum atomic E-state index is 14.1. The van der Waals surface area contributed by atoms with Crippen molar-refractivity contribution >= 4 is 39.1 Å². The molecule has 1 saturated heterocycles. The number of benzene rings is 2. The fraction of sp³-hybridized carbons (Fsp3) is 0.423. The monoisotopic (exact) mass is 522 g/mol. The quantitative estimate of drug-likeness (QED) is 0.413. The summed E-state index contributed by atoms with van der Waals surface area (Å²) < 4.78 is 26.4. The van der Waals surface area contributed by atoms with Crippen LogP contribution in [-0.4, -0.2) is 38.1 Å². The Labute approximate surface area is 213 Å². The molecule has 184 valence electrons. The largest absolute Gasteiger partial charge is 0.330 e. The van der Waals surface area contributed by atoms with Gasteiger partial charge in [-0.25, -0.2) is 13.1 Å². The van der Waals surface area contributed by atoms with Crippen LogP contribution in [0.15, 0.2) is 61.2 Å². The van der Waals surface area contributed by atoms with E-state index in [9.17, 15) is 13.2 Å². The number of hydrogen-bond acceptors (Lipinski definition) is 3. The molecule has 0 radical (unpaired) electrons. The molecule has 34 heavy (non-hydrogen) atoms. The Bertz CT molecular complexity index is 1140. The Kier molecular flexibility index (Phi) is 8.51. The van der Waals surface area contributed by atoms with Crippen molar-refractivity contribution in [3.05, 3.63) is 82.4 Å². The molecule has 1 aliphatic rings. The summed E-state index contributed by atoms with van der Waals surface area (Å²) in [6.45, 7) is 7.97. The molecule has 1 heterocycles. The Balaban J connectivity index is 2.20. The van der Waals surface area contributed by atoms with Crippen LogP contribution in [0.2, 0.25) is 10.0 Å². The SMILES string of the molecule is C=CC[C@@]1(C)CC(c2cccc(Cl)c2)[C@@H](c2ccc(Cl)cc2)N([C@@H](CC)CNS(C)(=O)=O)C1=O. The van der Waals surface area contributed by atoms with E-state index >= 15 is 0 Å². The second kappa shape index (κ2) is 10.8. The summed E-state index contributed by atoms with van der Waals surface area (Å²) in [5.41, 5.74) is 1.29. The highest BCUT2D eigenvalue weighted by Gasteiger charge is 2.50. The highest BCUT2D eigenvalue weighted by atomic mass is 35.5. The molecule has 3 rings (SSSR count). The highest BCUT2D eigenvalue weighted by molar-refractivity contribution is 7.88. The number of carbonyl (C=O) groups excluding carboxylic acids is 1. The van der Waals surface area contributed by atoms with Crippen molar-refractivity contribution in [3.8, 4) is 0 Å². The zero-order chi connectivity index (χ0) is 25.1. The zero-order valence-electron chi connectivity index (χ0n) is 19.8. The molecule has 1 fully saturated rings. The van der Waals surface area contributed by atoms with E-state index in [0.29, 0.717) is 29.3 Å². The Morgan fingerprint density at radius 3 is 2.41 bits per heavy atom. The average Bonchev–Trinajstić information content (AvgIpc) is 2.77. The van der Waals surface area contributed by atoms with Crippen molar-refractivity contribution < 1.29 is 13.2 Å². The molecule has 1 amide bonds. The van der Waals surface area contributed by atoms with Gasteiger partial charge in [0, 0.05) is 28.5 Å². The first-order valence-electron chi connectivity index (χ1n) is 11.4. The third-order valence-corrected chi connectivity index (χ3v) is 7.81. The molecule has 0 aliphatic carbocycles. The number of hydrogen-bond donors (Lipinski definition) is 1. The Morgan fingerprint density at radius 1 is 1.18 bits per heavy atom. The van der Waals surface area contributed by atoms with E-state index in [1.165, 1.54) is 0 Å². The van der Waals surface area contributed by atoms with Crippen molar-refractivity contribution in [1.82, 2.24) is 9.62 Å². The van der Waals surface area contributed by atoms with Gasteiger partial charge >= 0.3 is 0 Å². The smallest absolute Gasteiger partial charge is 0.229 e. The van der Waals surface area contributed by atoms with Crippen molar-refractivity contribution in [2.75, 3.05) is 12.8 Å². The normalized spacial score (nSPS) is 24.1. The topological polar surface area (TPSA) is 66.5 Å². The molecule has 0 spiro atoms. The molecule has 4 atom stereocenters. The summed E-state index contributed by atoms with van der Waals surface area (Å²) in [7, 11) is -3.42. The minimum Gasteiger partial charge on any atom is -0.330 e. The minimum absolute atomic E-state index is 0.00669. The fourth-order valence-corrected chi connectivity index (χ4v) is 5.80. The van der Waals surface area contributed by atoms with Crippen LogP contribution < -0.4 is 4.72 Å². The molecule has 1 aliphatic heterocycles. The van der Waals surface area contributed by atoms with E-state index in [0.717, 1.165) is 17.4 Å². The fourth-order valence-electron chi connectivity index (χ4n) is 4.98. The summed E-state index contributed by atoms with van der Waals surface area (Å²) >= 11 is 12.6. The van der Waals surface area contributed by atoms with Crippen LogP contribution in [0.4, 0.5) is 0 Å². The van der Waals surface area contributed by atoms with E-state index in [1.807, 2.05) is 67.3 Å². The molecule has 2 aromatic rings. The highest BCUT2D eigenvalue weighted by Crippen LogP contribution is 2.52. The average molecular weight is 524 g/mol. The summed E-state index contributed by atoms with van der Waals surface area (Å²) in [5.74, 6) is -0.0670. The molecule has 8 heteroatoms. The van der Waals surface area contributed by atoms with Gasteiger partial charge in [0.1, 0.15) is 0 Å². The van der Waals surface area contributed by atoms with Crippen LogP contribution in [0.3, 0.4) is 0 Å². The van der Waals surface area contributed by atoms with Crippen molar-refractivity contribution in [1.29, 1.82) is 0 Å². The number of rotatable bonds is 9. The maximum Gasteiger partial charge on any atom is 0.229 e. The lowest BCUT2D eigenvalue weighted by Gasteiger charge is -2.52. The van der Waals surface area contributed by atoms with Crippen LogP contribution in [0.5, 0.6) is 0 Å². The number of piperidine rings is 1. The second-order valence-electron chi connectivity index (χ2n) is 9.31. The van der Waals surface area contributed by atoms with Gasteiger partial charge in [0.2, 0.25) is 15.9 Å². The van der Waals surface area contributed by atoms with E-state index < -0.39 is 15.4 Å². The van der Waals surface area contributed by atoms with Gasteiger partial charge in [0.15, 0.2) is 0 Å². The number of nitrogens with one attached hydrogen (secondary N) is 1. The summed E-state index contributed by atoms with van der Waals surface area (Å²) in [6.07, 6.45) is 4.62. The molecule has 0 bridgehead atoms. The van der Waals surface area contributed by atoms with Crippen molar-refractivity contribution in [2.45, 2.75) is 51.1 Å². The van der Waals surface area contributed by atoms with Gasteiger partial charge in [0.05, 0.1) is 17.7 Å². The van der Waals surface area contributed by atoms with Crippen LogP contribution >= 0.6 is 23.2 Å². The standard InChI is InChI=1S/C26H32Cl2N2O3S/c1-5-14-26(3)16-23(19-8-7-9-21(28)15-19)24(18-10-12-20(27)13-11-18)30(25(26)31)22(6-2)17-29-34(4,32)33/h5,7-13,15,22-24,29H,1,6,14,16-17H2,2-4H3/t22-,23?,24+,26-/m0/s1. The van der Waals surface area contributed by atoms with Gasteiger partial charge in [-0.3, -0.25) is 4.79 Å². The van der Waals surface area contributed by atoms with E-state index in [1.54, 1.807) is 6.08 Å². The number of allylic oxidation sites excluding steroid dienone is 1. The second-order valence-corrected chi connectivity index (χ2v) is 12.0.